The highest BCUT2D eigenvalue weighted by Crippen LogP contribution is 2.16. The van der Waals surface area contributed by atoms with Gasteiger partial charge in [-0.15, -0.1) is 0 Å². The van der Waals surface area contributed by atoms with Crippen LogP contribution in [-0.4, -0.2) is 19.3 Å². The van der Waals surface area contributed by atoms with Crippen LogP contribution in [0.5, 0.6) is 0 Å². The van der Waals surface area contributed by atoms with Gasteiger partial charge in [0.1, 0.15) is 0 Å². The van der Waals surface area contributed by atoms with Gasteiger partial charge in [0.2, 0.25) is 5.95 Å². The number of hydrogen-bond donors (Lipinski definition) is 1. The van der Waals surface area contributed by atoms with E-state index in [2.05, 4.69) is 10.1 Å². The van der Waals surface area contributed by atoms with Gasteiger partial charge in [-0.25, -0.2) is 4.98 Å². The fraction of sp³-hybridized carbons (Fsp3) is 0.333. The third kappa shape index (κ3) is 1.26. The largest absolute Gasteiger partial charge is 0.369 e. The molecule has 0 spiro atoms. The number of hydrogen-bond acceptors (Lipinski definition) is 3. The summed E-state index contributed by atoms with van der Waals surface area (Å²) in [4.78, 5) is 4.14. The molecule has 0 aliphatic carbocycles. The summed E-state index contributed by atoms with van der Waals surface area (Å²) in [7, 11) is 1.89. The molecular formula is C9H13N5. The van der Waals surface area contributed by atoms with Crippen LogP contribution in [0.4, 0.5) is 5.95 Å². The lowest BCUT2D eigenvalue weighted by atomic mass is 10.4. The molecule has 0 atom stereocenters. The fourth-order valence-electron chi connectivity index (χ4n) is 1.53. The first-order chi connectivity index (χ1) is 6.58. The van der Waals surface area contributed by atoms with Crippen molar-refractivity contribution in [2.24, 2.45) is 7.05 Å². The standard InChI is InChI=1S/C9H13N5/c1-6-4-14(9(10)11-6)8-5-13(3)12-7(8)2/h4-5H,1-3H3,(H2,10,11). The van der Waals surface area contributed by atoms with Crippen LogP contribution in [0.2, 0.25) is 0 Å². The van der Waals surface area contributed by atoms with E-state index in [1.165, 1.54) is 0 Å². The van der Waals surface area contributed by atoms with E-state index in [0.717, 1.165) is 17.1 Å². The van der Waals surface area contributed by atoms with Crippen LogP contribution in [0.3, 0.4) is 0 Å². The van der Waals surface area contributed by atoms with E-state index >= 15 is 0 Å². The maximum absolute atomic E-state index is 5.77. The molecule has 74 valence electrons. The highest BCUT2D eigenvalue weighted by Gasteiger charge is 2.09. The van der Waals surface area contributed by atoms with Crippen LogP contribution in [0.25, 0.3) is 5.69 Å². The predicted octanol–water partition coefficient (Wildman–Crippen LogP) is 0.805. The molecule has 2 aromatic heterocycles. The number of rotatable bonds is 1. The lowest BCUT2D eigenvalue weighted by Crippen LogP contribution is -1.99. The van der Waals surface area contributed by atoms with E-state index in [1.54, 1.807) is 4.68 Å². The third-order valence-electron chi connectivity index (χ3n) is 2.10. The predicted molar refractivity (Wildman–Crippen MR) is 54.2 cm³/mol. The van der Waals surface area contributed by atoms with Crippen molar-refractivity contribution >= 4 is 5.95 Å². The minimum atomic E-state index is 0.499. The van der Waals surface area contributed by atoms with E-state index in [1.807, 2.05) is 37.9 Å². The van der Waals surface area contributed by atoms with Gasteiger partial charge < -0.3 is 5.73 Å². The van der Waals surface area contributed by atoms with Gasteiger partial charge in [-0.2, -0.15) is 5.10 Å². The molecule has 0 fully saturated rings. The van der Waals surface area contributed by atoms with Crippen LogP contribution in [0.1, 0.15) is 11.4 Å². The first-order valence-electron chi connectivity index (χ1n) is 4.40. The summed E-state index contributed by atoms with van der Waals surface area (Å²) >= 11 is 0. The molecule has 0 saturated heterocycles. The Kier molecular flexibility index (Phi) is 1.80. The highest BCUT2D eigenvalue weighted by atomic mass is 15.3. The minimum absolute atomic E-state index is 0.499. The SMILES string of the molecule is Cc1cn(-c2cn(C)nc2C)c(N)n1. The number of anilines is 1. The van der Waals surface area contributed by atoms with E-state index in [4.69, 9.17) is 5.73 Å². The molecule has 2 N–H and O–H groups in total. The van der Waals surface area contributed by atoms with Crippen molar-refractivity contribution in [1.82, 2.24) is 19.3 Å². The Morgan fingerprint density at radius 3 is 2.43 bits per heavy atom. The zero-order chi connectivity index (χ0) is 10.3. The van der Waals surface area contributed by atoms with E-state index in [9.17, 15) is 0 Å². The zero-order valence-corrected chi connectivity index (χ0v) is 8.52. The fourth-order valence-corrected chi connectivity index (χ4v) is 1.53. The van der Waals surface area contributed by atoms with Crippen LogP contribution in [0.15, 0.2) is 12.4 Å². The summed E-state index contributed by atoms with van der Waals surface area (Å²) < 4.78 is 3.61. The third-order valence-corrected chi connectivity index (χ3v) is 2.10. The Morgan fingerprint density at radius 1 is 1.29 bits per heavy atom. The van der Waals surface area contributed by atoms with Crippen molar-refractivity contribution < 1.29 is 0 Å². The zero-order valence-electron chi connectivity index (χ0n) is 8.52. The summed E-state index contributed by atoms with van der Waals surface area (Å²) in [6.07, 6.45) is 3.83. The lowest BCUT2D eigenvalue weighted by molar-refractivity contribution is 0.756. The maximum atomic E-state index is 5.77. The van der Waals surface area contributed by atoms with E-state index in [-0.39, 0.29) is 0 Å². The Morgan fingerprint density at radius 2 is 2.00 bits per heavy atom. The molecule has 0 radical (unpaired) electrons. The molecule has 5 heteroatoms. The topological polar surface area (TPSA) is 61.7 Å². The van der Waals surface area contributed by atoms with Gasteiger partial charge in [-0.05, 0) is 13.8 Å². The van der Waals surface area contributed by atoms with Crippen molar-refractivity contribution in [3.63, 3.8) is 0 Å². The number of nitrogens with two attached hydrogens (primary N) is 1. The van der Waals surface area contributed by atoms with Crippen LogP contribution < -0.4 is 5.73 Å². The van der Waals surface area contributed by atoms with Crippen LogP contribution in [0, 0.1) is 13.8 Å². The molecule has 2 aromatic rings. The molecule has 0 amide bonds. The van der Waals surface area contributed by atoms with Crippen molar-refractivity contribution in [3.05, 3.63) is 23.8 Å². The molecular weight excluding hydrogens is 178 g/mol. The highest BCUT2D eigenvalue weighted by molar-refractivity contribution is 5.41. The molecule has 2 rings (SSSR count). The van der Waals surface area contributed by atoms with Crippen molar-refractivity contribution in [2.45, 2.75) is 13.8 Å². The first kappa shape index (κ1) is 8.80. The second-order valence-electron chi connectivity index (χ2n) is 3.38. The van der Waals surface area contributed by atoms with Gasteiger partial charge >= 0.3 is 0 Å². The molecule has 0 saturated carbocycles. The molecule has 0 bridgehead atoms. The number of imidazole rings is 1. The van der Waals surface area contributed by atoms with Crippen LogP contribution in [-0.2, 0) is 7.05 Å². The van der Waals surface area contributed by atoms with Crippen molar-refractivity contribution in [1.29, 1.82) is 0 Å². The van der Waals surface area contributed by atoms with Crippen molar-refractivity contribution in [2.75, 3.05) is 5.73 Å². The lowest BCUT2D eigenvalue weighted by Gasteiger charge is -2.00. The van der Waals surface area contributed by atoms with E-state index in [0.29, 0.717) is 5.95 Å². The number of nitrogen functional groups attached to an aromatic ring is 1. The Labute approximate surface area is 82.2 Å². The average Bonchev–Trinajstić information content (AvgIpc) is 2.55. The molecule has 14 heavy (non-hydrogen) atoms. The number of aryl methyl sites for hydroxylation is 3. The van der Waals surface area contributed by atoms with Gasteiger partial charge in [-0.3, -0.25) is 9.25 Å². The monoisotopic (exact) mass is 191 g/mol. The average molecular weight is 191 g/mol. The molecule has 0 aliphatic rings. The summed E-state index contributed by atoms with van der Waals surface area (Å²) in [6, 6.07) is 0. The summed E-state index contributed by atoms with van der Waals surface area (Å²) in [5.41, 5.74) is 8.59. The second-order valence-corrected chi connectivity index (χ2v) is 3.38. The van der Waals surface area contributed by atoms with Gasteiger partial charge in [-0.1, -0.05) is 0 Å². The summed E-state index contributed by atoms with van der Waals surface area (Å²) in [5, 5.41) is 4.25. The van der Waals surface area contributed by atoms with E-state index < -0.39 is 0 Å². The first-order valence-corrected chi connectivity index (χ1v) is 4.40. The maximum Gasteiger partial charge on any atom is 0.205 e. The van der Waals surface area contributed by atoms with Gasteiger partial charge in [0.25, 0.3) is 0 Å². The smallest absolute Gasteiger partial charge is 0.205 e. The molecule has 2 heterocycles. The number of aromatic nitrogens is 4. The summed E-state index contributed by atoms with van der Waals surface area (Å²) in [5.74, 6) is 0.499. The Bertz CT molecular complexity index is 421. The van der Waals surface area contributed by atoms with Crippen LogP contribution >= 0.6 is 0 Å². The Balaban J connectivity index is 2.59. The normalized spacial score (nSPS) is 10.8. The molecule has 0 unspecified atom stereocenters. The molecule has 0 aromatic carbocycles. The molecule has 0 aliphatic heterocycles. The summed E-state index contributed by atoms with van der Waals surface area (Å²) in [6.45, 7) is 3.86. The quantitative estimate of drug-likeness (QED) is 0.725. The second kappa shape index (κ2) is 2.87. The van der Waals surface area contributed by atoms with Gasteiger partial charge in [0.05, 0.1) is 17.1 Å². The minimum Gasteiger partial charge on any atom is -0.369 e. The number of nitrogens with zero attached hydrogens (tertiary/aromatic N) is 4. The van der Waals surface area contributed by atoms with Gasteiger partial charge in [0.15, 0.2) is 0 Å². The molecule has 5 nitrogen and oxygen atoms in total. The Hall–Kier alpha value is -1.78. The van der Waals surface area contributed by atoms with Crippen molar-refractivity contribution in [3.8, 4) is 5.69 Å². The van der Waals surface area contributed by atoms with Gasteiger partial charge in [0, 0.05) is 19.4 Å².